The molecule has 2 atom stereocenters. The van der Waals surface area contributed by atoms with Gasteiger partial charge in [0.05, 0.1) is 18.1 Å². The van der Waals surface area contributed by atoms with Crippen LogP contribution in [0.3, 0.4) is 0 Å². The molecule has 124 valence electrons. The Bertz CT molecular complexity index is 623. The van der Waals surface area contributed by atoms with Crippen molar-refractivity contribution in [3.05, 3.63) is 28.8 Å². The largest absolute Gasteiger partial charge is 0.495 e. The number of carbonyl (C=O) groups excluding carboxylic acids is 2. The van der Waals surface area contributed by atoms with Crippen LogP contribution in [0, 0.1) is 11.8 Å². The van der Waals surface area contributed by atoms with Crippen LogP contribution in [0.2, 0.25) is 5.02 Å². The van der Waals surface area contributed by atoms with Crippen LogP contribution in [0.4, 0.5) is 4.79 Å². The van der Waals surface area contributed by atoms with Gasteiger partial charge in [0.1, 0.15) is 5.75 Å². The first-order chi connectivity index (χ1) is 11.1. The lowest BCUT2D eigenvalue weighted by atomic mass is 9.85. The second-order valence-electron chi connectivity index (χ2n) is 6.03. The predicted molar refractivity (Wildman–Crippen MR) is 86.4 cm³/mol. The lowest BCUT2D eigenvalue weighted by Crippen LogP contribution is -2.58. The standard InChI is InChI=1S/C16H20ClN3O3/c1-23-14-3-2-10(5-13(14)17)7-19-16(22)20-9-11-4-12(15(20)21)8-18-6-11/h2-3,5,11-12,18H,4,6-9H2,1H3,(H,19,22)/t11-,12+/m0/s1. The molecule has 2 heterocycles. The Labute approximate surface area is 140 Å². The number of ether oxygens (including phenoxy) is 1. The number of hydrogen-bond acceptors (Lipinski definition) is 4. The van der Waals surface area contributed by atoms with E-state index in [0.29, 0.717) is 36.3 Å². The third-order valence-corrected chi connectivity index (χ3v) is 4.70. The first-order valence-electron chi connectivity index (χ1n) is 7.71. The number of fused-ring (bicyclic) bond motifs is 2. The molecule has 2 saturated heterocycles. The molecule has 2 aliphatic rings. The number of likely N-dealkylation sites (tertiary alicyclic amines) is 1. The lowest BCUT2D eigenvalue weighted by molar-refractivity contribution is -0.137. The minimum atomic E-state index is -0.335. The lowest BCUT2D eigenvalue weighted by Gasteiger charge is -2.39. The van der Waals surface area contributed by atoms with Gasteiger partial charge in [-0.3, -0.25) is 9.69 Å². The molecule has 1 aromatic rings. The maximum atomic E-state index is 12.3. The zero-order valence-electron chi connectivity index (χ0n) is 13.0. The molecule has 0 spiro atoms. The van der Waals surface area contributed by atoms with E-state index >= 15 is 0 Å². The highest BCUT2D eigenvalue weighted by Gasteiger charge is 2.39. The van der Waals surface area contributed by atoms with E-state index in [2.05, 4.69) is 10.6 Å². The number of halogens is 1. The fourth-order valence-electron chi connectivity index (χ4n) is 3.20. The minimum absolute atomic E-state index is 0.0799. The Kier molecular flexibility index (Phi) is 4.73. The van der Waals surface area contributed by atoms with E-state index in [4.69, 9.17) is 16.3 Å². The summed E-state index contributed by atoms with van der Waals surface area (Å²) in [7, 11) is 1.55. The summed E-state index contributed by atoms with van der Waals surface area (Å²) in [6, 6.07) is 5.00. The van der Waals surface area contributed by atoms with Crippen LogP contribution < -0.4 is 15.4 Å². The van der Waals surface area contributed by atoms with Gasteiger partial charge in [-0.2, -0.15) is 0 Å². The number of rotatable bonds is 3. The second kappa shape index (κ2) is 6.76. The number of amides is 3. The van der Waals surface area contributed by atoms with Crippen LogP contribution in [-0.4, -0.2) is 43.6 Å². The molecule has 3 amide bonds. The summed E-state index contributed by atoms with van der Waals surface area (Å²) in [6.45, 7) is 2.33. The van der Waals surface area contributed by atoms with Crippen molar-refractivity contribution < 1.29 is 14.3 Å². The second-order valence-corrected chi connectivity index (χ2v) is 6.44. The summed E-state index contributed by atoms with van der Waals surface area (Å²) in [5.41, 5.74) is 0.857. The highest BCUT2D eigenvalue weighted by molar-refractivity contribution is 6.32. The number of carbonyl (C=O) groups is 2. The molecular formula is C16H20ClN3O3. The van der Waals surface area contributed by atoms with Crippen molar-refractivity contribution >= 4 is 23.5 Å². The Balaban J connectivity index is 1.61. The van der Waals surface area contributed by atoms with Gasteiger partial charge < -0.3 is 15.4 Å². The number of imide groups is 1. The summed E-state index contributed by atoms with van der Waals surface area (Å²) in [6.07, 6.45) is 0.879. The maximum Gasteiger partial charge on any atom is 0.324 e. The molecule has 0 unspecified atom stereocenters. The summed E-state index contributed by atoms with van der Waals surface area (Å²) >= 11 is 6.07. The summed E-state index contributed by atoms with van der Waals surface area (Å²) < 4.78 is 5.10. The Morgan fingerprint density at radius 2 is 2.30 bits per heavy atom. The van der Waals surface area contributed by atoms with Crippen molar-refractivity contribution in [2.45, 2.75) is 13.0 Å². The molecule has 2 N–H and O–H groups in total. The third kappa shape index (κ3) is 3.43. The SMILES string of the molecule is COc1ccc(CNC(=O)N2C[C@@H]3CNC[C@@H](C3)C2=O)cc1Cl. The van der Waals surface area contributed by atoms with Crippen LogP contribution in [0.15, 0.2) is 18.2 Å². The van der Waals surface area contributed by atoms with Crippen LogP contribution >= 0.6 is 11.6 Å². The average molecular weight is 338 g/mol. The quantitative estimate of drug-likeness (QED) is 0.879. The Morgan fingerprint density at radius 1 is 1.48 bits per heavy atom. The molecule has 2 bridgehead atoms. The van der Waals surface area contributed by atoms with Gasteiger partial charge in [-0.15, -0.1) is 0 Å². The van der Waals surface area contributed by atoms with Gasteiger partial charge in [-0.05, 0) is 36.6 Å². The summed E-state index contributed by atoms with van der Waals surface area (Å²) in [5.74, 6) is 0.781. The van der Waals surface area contributed by atoms with Crippen molar-refractivity contribution in [1.82, 2.24) is 15.5 Å². The molecule has 0 aliphatic carbocycles. The fraction of sp³-hybridized carbons (Fsp3) is 0.500. The molecule has 23 heavy (non-hydrogen) atoms. The van der Waals surface area contributed by atoms with Crippen LogP contribution in [-0.2, 0) is 11.3 Å². The van der Waals surface area contributed by atoms with Crippen molar-refractivity contribution in [3.63, 3.8) is 0 Å². The van der Waals surface area contributed by atoms with Crippen molar-refractivity contribution in [2.24, 2.45) is 11.8 Å². The average Bonchev–Trinajstić information content (AvgIpc) is 2.56. The summed E-state index contributed by atoms with van der Waals surface area (Å²) in [4.78, 5) is 26.0. The number of hydrogen-bond donors (Lipinski definition) is 2. The van der Waals surface area contributed by atoms with E-state index in [1.54, 1.807) is 19.2 Å². The molecule has 2 fully saturated rings. The van der Waals surface area contributed by atoms with Crippen LogP contribution in [0.1, 0.15) is 12.0 Å². The highest BCUT2D eigenvalue weighted by Crippen LogP contribution is 2.26. The van der Waals surface area contributed by atoms with E-state index in [1.807, 2.05) is 6.07 Å². The monoisotopic (exact) mass is 337 g/mol. The number of nitrogens with one attached hydrogen (secondary N) is 2. The zero-order chi connectivity index (χ0) is 16.4. The third-order valence-electron chi connectivity index (χ3n) is 4.40. The van der Waals surface area contributed by atoms with E-state index in [1.165, 1.54) is 4.90 Å². The number of piperidine rings is 2. The molecule has 3 rings (SSSR count). The molecule has 0 aromatic heterocycles. The zero-order valence-corrected chi connectivity index (χ0v) is 13.7. The number of methoxy groups -OCH3 is 1. The van der Waals surface area contributed by atoms with E-state index < -0.39 is 0 Å². The number of benzene rings is 1. The van der Waals surface area contributed by atoms with E-state index in [0.717, 1.165) is 18.5 Å². The van der Waals surface area contributed by atoms with Crippen LogP contribution in [0.5, 0.6) is 5.75 Å². The molecule has 0 radical (unpaired) electrons. The van der Waals surface area contributed by atoms with E-state index in [9.17, 15) is 9.59 Å². The topological polar surface area (TPSA) is 70.7 Å². The van der Waals surface area contributed by atoms with Crippen molar-refractivity contribution in [1.29, 1.82) is 0 Å². The van der Waals surface area contributed by atoms with Gasteiger partial charge in [-0.1, -0.05) is 17.7 Å². The molecule has 2 aliphatic heterocycles. The normalized spacial score (nSPS) is 23.6. The molecule has 0 saturated carbocycles. The van der Waals surface area contributed by atoms with Gasteiger partial charge in [0.2, 0.25) is 5.91 Å². The van der Waals surface area contributed by atoms with Gasteiger partial charge in [0.15, 0.2) is 0 Å². The number of nitrogens with zero attached hydrogens (tertiary/aromatic N) is 1. The number of urea groups is 1. The van der Waals surface area contributed by atoms with Gasteiger partial charge >= 0.3 is 6.03 Å². The smallest absolute Gasteiger partial charge is 0.324 e. The van der Waals surface area contributed by atoms with Gasteiger partial charge in [0, 0.05) is 19.6 Å². The summed E-state index contributed by atoms with van der Waals surface area (Å²) in [5, 5.41) is 6.54. The highest BCUT2D eigenvalue weighted by atomic mass is 35.5. The molecule has 6 nitrogen and oxygen atoms in total. The van der Waals surface area contributed by atoms with Crippen molar-refractivity contribution in [2.75, 3.05) is 26.7 Å². The molecule has 1 aromatic carbocycles. The molecule has 7 heteroatoms. The first-order valence-corrected chi connectivity index (χ1v) is 8.08. The van der Waals surface area contributed by atoms with Gasteiger partial charge in [-0.25, -0.2) is 4.79 Å². The Hall–Kier alpha value is -1.79. The minimum Gasteiger partial charge on any atom is -0.495 e. The van der Waals surface area contributed by atoms with Crippen molar-refractivity contribution in [3.8, 4) is 5.75 Å². The first kappa shape index (κ1) is 16.1. The van der Waals surface area contributed by atoms with Crippen LogP contribution in [0.25, 0.3) is 0 Å². The molecular weight excluding hydrogens is 318 g/mol. The Morgan fingerprint density at radius 3 is 3.04 bits per heavy atom. The van der Waals surface area contributed by atoms with Gasteiger partial charge in [0.25, 0.3) is 0 Å². The maximum absolute atomic E-state index is 12.3. The predicted octanol–water partition coefficient (Wildman–Crippen LogP) is 1.63. The van der Waals surface area contributed by atoms with E-state index in [-0.39, 0.29) is 17.9 Å². The fourth-order valence-corrected chi connectivity index (χ4v) is 3.48.